The van der Waals surface area contributed by atoms with E-state index in [-0.39, 0.29) is 0 Å². The molecule has 0 fully saturated rings. The van der Waals surface area contributed by atoms with Crippen molar-refractivity contribution in [1.82, 2.24) is 4.90 Å². The Labute approximate surface area is 120 Å². The normalized spacial score (nSPS) is 11.8. The minimum Gasteiger partial charge on any atom is -0.373 e. The van der Waals surface area contributed by atoms with Crippen molar-refractivity contribution < 1.29 is 0 Å². The van der Waals surface area contributed by atoms with Crippen LogP contribution in [0.2, 0.25) is 0 Å². The van der Waals surface area contributed by atoms with E-state index in [0.29, 0.717) is 0 Å². The highest BCUT2D eigenvalue weighted by atomic mass is 32.2. The van der Waals surface area contributed by atoms with Crippen LogP contribution in [0.5, 0.6) is 0 Å². The first-order valence-electron chi connectivity index (χ1n) is 6.21. The molecule has 4 heteroatoms. The first-order valence-corrected chi connectivity index (χ1v) is 7.87. The van der Waals surface area contributed by atoms with Gasteiger partial charge in [0.1, 0.15) is 0 Å². The van der Waals surface area contributed by atoms with E-state index in [4.69, 9.17) is 0 Å². The Kier molecular flexibility index (Phi) is 7.47. The van der Waals surface area contributed by atoms with E-state index in [1.54, 1.807) is 0 Å². The van der Waals surface area contributed by atoms with Crippen molar-refractivity contribution in [3.05, 3.63) is 29.8 Å². The fourth-order valence-electron chi connectivity index (χ4n) is 1.65. The summed E-state index contributed by atoms with van der Waals surface area (Å²) in [5, 5.41) is 0. The van der Waals surface area contributed by atoms with Crippen molar-refractivity contribution in [2.45, 2.75) is 6.42 Å². The van der Waals surface area contributed by atoms with Crippen LogP contribution in [0.1, 0.15) is 5.56 Å². The van der Waals surface area contributed by atoms with E-state index in [9.17, 15) is 0 Å². The monoisotopic (exact) mass is 284 g/mol. The zero-order valence-corrected chi connectivity index (χ0v) is 13.3. The van der Waals surface area contributed by atoms with Gasteiger partial charge in [0.05, 0.1) is 0 Å². The Balaban J connectivity index is 2.48. The second-order valence-corrected chi connectivity index (χ2v) is 6.40. The second-order valence-electron chi connectivity index (χ2n) is 4.66. The summed E-state index contributed by atoms with van der Waals surface area (Å²) < 4.78 is 1.91. The number of aryl methyl sites for hydroxylation is 1. The minimum absolute atomic E-state index is 1.06. The van der Waals surface area contributed by atoms with Gasteiger partial charge < -0.3 is 9.80 Å². The van der Waals surface area contributed by atoms with E-state index in [2.05, 4.69) is 67.8 Å². The SMILES string of the molecule is CN(C)CCN(C)c1ccc(CC[SH]=CS)cc1. The quantitative estimate of drug-likeness (QED) is 0.586. The number of rotatable bonds is 7. The predicted octanol–water partition coefficient (Wildman–Crippen LogP) is 2.38. The molecule has 0 amide bonds. The Morgan fingerprint density at radius 2 is 1.78 bits per heavy atom. The number of nitrogens with zero attached hydrogens (tertiary/aromatic N) is 2. The van der Waals surface area contributed by atoms with Crippen LogP contribution in [0.4, 0.5) is 5.69 Å². The average Bonchev–Trinajstić information content (AvgIpc) is 2.37. The summed E-state index contributed by atoms with van der Waals surface area (Å²) in [6.07, 6.45) is 1.13. The molecule has 0 bridgehead atoms. The predicted molar refractivity (Wildman–Crippen MR) is 90.9 cm³/mol. The number of likely N-dealkylation sites (N-methyl/N-ethyl adjacent to an activating group) is 2. The number of hydrogen-bond donors (Lipinski definition) is 2. The molecule has 0 aliphatic heterocycles. The van der Waals surface area contributed by atoms with Gasteiger partial charge in [-0.1, -0.05) is 12.1 Å². The molecule has 0 saturated heterocycles. The fourth-order valence-corrected chi connectivity index (χ4v) is 2.50. The van der Waals surface area contributed by atoms with E-state index in [0.717, 1.165) is 25.3 Å². The van der Waals surface area contributed by atoms with Crippen LogP contribution < -0.4 is 4.90 Å². The molecule has 0 aliphatic rings. The Bertz CT molecular complexity index is 361. The molecule has 0 heterocycles. The Hall–Kier alpha value is -0.450. The largest absolute Gasteiger partial charge is 0.373 e. The molecule has 18 heavy (non-hydrogen) atoms. The lowest BCUT2D eigenvalue weighted by atomic mass is 10.1. The van der Waals surface area contributed by atoms with Crippen LogP contribution in [-0.2, 0) is 6.42 Å². The highest BCUT2D eigenvalue weighted by Gasteiger charge is 2.01. The van der Waals surface area contributed by atoms with Gasteiger partial charge in [0.15, 0.2) is 0 Å². The number of hydrogen-bond acceptors (Lipinski definition) is 2. The van der Waals surface area contributed by atoms with Crippen LogP contribution in [0, 0.1) is 0 Å². The maximum atomic E-state index is 4.10. The topological polar surface area (TPSA) is 6.48 Å². The average molecular weight is 284 g/mol. The molecule has 0 aliphatic carbocycles. The van der Waals surface area contributed by atoms with Crippen LogP contribution in [-0.4, -0.2) is 49.6 Å². The molecule has 0 spiro atoms. The third-order valence-corrected chi connectivity index (χ3v) is 4.01. The lowest BCUT2D eigenvalue weighted by Crippen LogP contribution is -2.28. The van der Waals surface area contributed by atoms with E-state index in [1.165, 1.54) is 22.6 Å². The van der Waals surface area contributed by atoms with Gasteiger partial charge in [-0.15, -0.1) is 12.6 Å². The van der Waals surface area contributed by atoms with Crippen molar-refractivity contribution in [2.24, 2.45) is 0 Å². The van der Waals surface area contributed by atoms with E-state index in [1.807, 2.05) is 4.70 Å². The van der Waals surface area contributed by atoms with Gasteiger partial charge in [-0.05, 0) is 48.7 Å². The van der Waals surface area contributed by atoms with Crippen molar-refractivity contribution in [3.8, 4) is 0 Å². The Morgan fingerprint density at radius 3 is 2.33 bits per heavy atom. The second kappa shape index (κ2) is 8.62. The van der Waals surface area contributed by atoms with Gasteiger partial charge in [-0.2, -0.15) is 11.4 Å². The van der Waals surface area contributed by atoms with Crippen LogP contribution in [0.25, 0.3) is 0 Å². The molecule has 1 rings (SSSR count). The molecule has 2 nitrogen and oxygen atoms in total. The van der Waals surface area contributed by atoms with Gasteiger partial charge in [0.2, 0.25) is 0 Å². The van der Waals surface area contributed by atoms with Crippen LogP contribution >= 0.6 is 24.0 Å². The van der Waals surface area contributed by atoms with Crippen molar-refractivity contribution in [1.29, 1.82) is 0 Å². The molecule has 1 aromatic rings. The zero-order chi connectivity index (χ0) is 13.4. The lowest BCUT2D eigenvalue weighted by molar-refractivity contribution is 0.416. The van der Waals surface area contributed by atoms with Crippen molar-refractivity contribution in [2.75, 3.05) is 44.9 Å². The fraction of sp³-hybridized carbons (Fsp3) is 0.500. The van der Waals surface area contributed by atoms with Crippen LogP contribution in [0.15, 0.2) is 24.3 Å². The van der Waals surface area contributed by atoms with E-state index < -0.39 is 0 Å². The smallest absolute Gasteiger partial charge is 0.0364 e. The maximum Gasteiger partial charge on any atom is 0.0364 e. The summed E-state index contributed by atoms with van der Waals surface area (Å²) in [5.74, 6) is 1.15. The molecule has 0 N–H and O–H groups in total. The number of anilines is 1. The standard InChI is InChI=1S/C14H24N2S2/c1-15(2)9-10-16(3)14-6-4-13(5-7-14)8-11-18-12-17/h4-7,12,17-18H,8-11H2,1-3H3. The third-order valence-electron chi connectivity index (χ3n) is 2.87. The molecule has 0 atom stereocenters. The molecule has 0 saturated carbocycles. The minimum atomic E-state index is 1.06. The number of benzene rings is 1. The van der Waals surface area contributed by atoms with Crippen molar-refractivity contribution >= 4 is 34.4 Å². The maximum absolute atomic E-state index is 4.10. The Morgan fingerprint density at radius 1 is 1.11 bits per heavy atom. The molecule has 102 valence electrons. The summed E-state index contributed by atoms with van der Waals surface area (Å²) >= 11 is 5.40. The molecule has 0 unspecified atom stereocenters. The van der Waals surface area contributed by atoms with Gasteiger partial charge in [-0.25, -0.2) is 0 Å². The van der Waals surface area contributed by atoms with Crippen molar-refractivity contribution in [3.63, 3.8) is 0 Å². The van der Waals surface area contributed by atoms with Gasteiger partial charge in [-0.3, -0.25) is 0 Å². The molecule has 1 aromatic carbocycles. The molecule has 0 radical (unpaired) electrons. The number of thiol groups is 2. The summed E-state index contributed by atoms with van der Waals surface area (Å²) in [6, 6.07) is 8.89. The summed E-state index contributed by atoms with van der Waals surface area (Å²) in [5.41, 5.74) is 2.70. The third kappa shape index (κ3) is 5.94. The van der Waals surface area contributed by atoms with Gasteiger partial charge in [0, 0.05) is 25.8 Å². The zero-order valence-electron chi connectivity index (χ0n) is 11.5. The molecular weight excluding hydrogens is 260 g/mol. The lowest BCUT2D eigenvalue weighted by Gasteiger charge is -2.21. The van der Waals surface area contributed by atoms with Gasteiger partial charge in [0.25, 0.3) is 0 Å². The molecular formula is C14H24N2S2. The van der Waals surface area contributed by atoms with Crippen LogP contribution in [0.3, 0.4) is 0 Å². The van der Waals surface area contributed by atoms with E-state index >= 15 is 0 Å². The summed E-state index contributed by atoms with van der Waals surface area (Å²) in [6.45, 7) is 2.13. The summed E-state index contributed by atoms with van der Waals surface area (Å²) in [4.78, 5) is 4.50. The summed E-state index contributed by atoms with van der Waals surface area (Å²) in [7, 11) is 6.36. The first-order chi connectivity index (χ1) is 8.63. The first kappa shape index (κ1) is 15.6. The highest BCUT2D eigenvalue weighted by molar-refractivity contribution is 8.15. The highest BCUT2D eigenvalue weighted by Crippen LogP contribution is 2.14. The van der Waals surface area contributed by atoms with Gasteiger partial charge >= 0.3 is 0 Å². The molecule has 0 aromatic heterocycles.